The minimum absolute atomic E-state index is 0.106. The zero-order chi connectivity index (χ0) is 13.2. The molecular formula is C13H10BrN3OS. The van der Waals surface area contributed by atoms with Gasteiger partial charge >= 0.3 is 0 Å². The van der Waals surface area contributed by atoms with E-state index in [9.17, 15) is 4.79 Å². The monoisotopic (exact) mass is 335 g/mol. The van der Waals surface area contributed by atoms with Gasteiger partial charge in [0.25, 0.3) is 5.91 Å². The summed E-state index contributed by atoms with van der Waals surface area (Å²) in [5.74, 6) is -0.106. The summed E-state index contributed by atoms with van der Waals surface area (Å²) in [6.45, 7) is 0.527. The maximum absolute atomic E-state index is 12.1. The molecule has 0 saturated heterocycles. The Morgan fingerprint density at radius 3 is 3.16 bits per heavy atom. The second kappa shape index (κ2) is 5.14. The molecule has 3 rings (SSSR count). The van der Waals surface area contributed by atoms with Gasteiger partial charge in [0.05, 0.1) is 23.8 Å². The maximum Gasteiger partial charge on any atom is 0.255 e. The number of halogens is 1. The highest BCUT2D eigenvalue weighted by Crippen LogP contribution is 2.19. The quantitative estimate of drug-likeness (QED) is 0.799. The summed E-state index contributed by atoms with van der Waals surface area (Å²) in [5, 5.41) is 9.05. The van der Waals surface area contributed by atoms with Crippen LogP contribution in [0.1, 0.15) is 15.2 Å². The summed E-state index contributed by atoms with van der Waals surface area (Å²) in [6.07, 6.45) is 3.41. The fraction of sp³-hybridized carbons (Fsp3) is 0.0769. The lowest BCUT2D eigenvalue weighted by molar-refractivity contribution is 0.0953. The lowest BCUT2D eigenvalue weighted by Gasteiger charge is -2.02. The molecule has 3 heterocycles. The Labute approximate surface area is 122 Å². The number of carbonyl (C=O) groups is 1. The van der Waals surface area contributed by atoms with Crippen LogP contribution in [0.25, 0.3) is 5.52 Å². The van der Waals surface area contributed by atoms with Crippen LogP contribution in [0.3, 0.4) is 0 Å². The second-order valence-electron chi connectivity index (χ2n) is 4.00. The van der Waals surface area contributed by atoms with Crippen LogP contribution < -0.4 is 5.32 Å². The van der Waals surface area contributed by atoms with Crippen LogP contribution in [0.5, 0.6) is 0 Å². The lowest BCUT2D eigenvalue weighted by atomic mass is 10.2. The molecule has 3 aromatic rings. The van der Waals surface area contributed by atoms with Crippen molar-refractivity contribution in [1.82, 2.24) is 14.9 Å². The van der Waals surface area contributed by atoms with Crippen molar-refractivity contribution in [1.29, 1.82) is 0 Å². The van der Waals surface area contributed by atoms with Gasteiger partial charge in [-0.05, 0) is 34.1 Å². The molecule has 0 aliphatic rings. The third-order valence-electron chi connectivity index (χ3n) is 2.72. The van der Waals surface area contributed by atoms with Crippen LogP contribution in [-0.4, -0.2) is 15.5 Å². The molecule has 0 bridgehead atoms. The van der Waals surface area contributed by atoms with Crippen LogP contribution >= 0.6 is 27.3 Å². The number of pyridine rings is 1. The van der Waals surface area contributed by atoms with Crippen molar-refractivity contribution in [3.63, 3.8) is 0 Å². The van der Waals surface area contributed by atoms with Crippen molar-refractivity contribution in [3.05, 3.63) is 57.0 Å². The van der Waals surface area contributed by atoms with Crippen LogP contribution in [-0.2, 0) is 6.54 Å². The predicted octanol–water partition coefficient (Wildman–Crippen LogP) is 3.09. The van der Waals surface area contributed by atoms with Crippen LogP contribution in [0.15, 0.2) is 46.5 Å². The molecular weight excluding hydrogens is 326 g/mol. The van der Waals surface area contributed by atoms with Gasteiger partial charge in [-0.25, -0.2) is 4.52 Å². The Balaban J connectivity index is 1.77. The summed E-state index contributed by atoms with van der Waals surface area (Å²) in [6, 6.07) is 7.65. The molecule has 19 heavy (non-hydrogen) atoms. The number of nitrogens with zero attached hydrogens (tertiary/aromatic N) is 2. The number of hydrogen-bond donors (Lipinski definition) is 1. The van der Waals surface area contributed by atoms with Gasteiger partial charge in [-0.2, -0.15) is 5.10 Å². The highest BCUT2D eigenvalue weighted by atomic mass is 79.9. The van der Waals surface area contributed by atoms with E-state index in [1.165, 1.54) is 0 Å². The van der Waals surface area contributed by atoms with E-state index in [1.807, 2.05) is 35.8 Å². The predicted molar refractivity (Wildman–Crippen MR) is 78.4 cm³/mol. The first-order valence-corrected chi connectivity index (χ1v) is 7.35. The molecule has 0 aliphatic carbocycles. The Kier molecular flexibility index (Phi) is 3.35. The molecule has 0 radical (unpaired) electrons. The summed E-state index contributed by atoms with van der Waals surface area (Å²) < 4.78 is 2.73. The van der Waals surface area contributed by atoms with Gasteiger partial charge in [0, 0.05) is 20.9 Å². The van der Waals surface area contributed by atoms with Gasteiger partial charge in [0.2, 0.25) is 0 Å². The molecule has 0 aromatic carbocycles. The maximum atomic E-state index is 12.1. The number of aromatic nitrogens is 2. The molecule has 0 unspecified atom stereocenters. The fourth-order valence-corrected chi connectivity index (χ4v) is 3.21. The fourth-order valence-electron chi connectivity index (χ4n) is 1.82. The van der Waals surface area contributed by atoms with Gasteiger partial charge in [0.1, 0.15) is 0 Å². The number of nitrogens with one attached hydrogen (secondary N) is 1. The topological polar surface area (TPSA) is 46.4 Å². The third-order valence-corrected chi connectivity index (χ3v) is 4.41. The van der Waals surface area contributed by atoms with Gasteiger partial charge in [-0.1, -0.05) is 6.07 Å². The van der Waals surface area contributed by atoms with Gasteiger partial charge in [0.15, 0.2) is 0 Å². The molecule has 3 aromatic heterocycles. The largest absolute Gasteiger partial charge is 0.347 e. The van der Waals surface area contributed by atoms with Crippen molar-refractivity contribution in [2.45, 2.75) is 6.54 Å². The van der Waals surface area contributed by atoms with Crippen LogP contribution in [0, 0.1) is 0 Å². The van der Waals surface area contributed by atoms with Crippen LogP contribution in [0.2, 0.25) is 0 Å². The normalized spacial score (nSPS) is 10.8. The molecule has 0 atom stereocenters. The van der Waals surface area contributed by atoms with E-state index in [-0.39, 0.29) is 5.91 Å². The number of carbonyl (C=O) groups excluding carboxylic acids is 1. The Morgan fingerprint density at radius 2 is 2.37 bits per heavy atom. The highest BCUT2D eigenvalue weighted by Gasteiger charge is 2.12. The highest BCUT2D eigenvalue weighted by molar-refractivity contribution is 9.10. The minimum Gasteiger partial charge on any atom is -0.347 e. The van der Waals surface area contributed by atoms with E-state index in [0.29, 0.717) is 12.1 Å². The number of thiophene rings is 1. The average Bonchev–Trinajstić information content (AvgIpc) is 3.02. The molecule has 4 nitrogen and oxygen atoms in total. The van der Waals surface area contributed by atoms with E-state index in [4.69, 9.17) is 0 Å². The minimum atomic E-state index is -0.106. The standard InChI is InChI=1S/C13H10BrN3OS/c14-9-5-10(19-8-9)6-15-13(18)11-7-16-17-4-2-1-3-12(11)17/h1-5,7-8H,6H2,(H,15,18). The van der Waals surface area contributed by atoms with Gasteiger partial charge in [-0.3, -0.25) is 4.79 Å². The van der Waals surface area contributed by atoms with Crippen molar-refractivity contribution in [3.8, 4) is 0 Å². The Hall–Kier alpha value is -1.66. The molecule has 0 fully saturated rings. The number of amides is 1. The van der Waals surface area contributed by atoms with Gasteiger partial charge < -0.3 is 5.32 Å². The SMILES string of the molecule is O=C(NCc1cc(Br)cs1)c1cnn2ccccc12. The summed E-state index contributed by atoms with van der Waals surface area (Å²) in [7, 11) is 0. The first-order chi connectivity index (χ1) is 9.24. The molecule has 1 amide bonds. The summed E-state index contributed by atoms with van der Waals surface area (Å²) >= 11 is 5.00. The number of fused-ring (bicyclic) bond motifs is 1. The molecule has 0 spiro atoms. The zero-order valence-corrected chi connectivity index (χ0v) is 12.2. The van der Waals surface area contributed by atoms with Gasteiger partial charge in [-0.15, -0.1) is 11.3 Å². The Bertz CT molecular complexity index is 734. The summed E-state index contributed by atoms with van der Waals surface area (Å²) in [4.78, 5) is 13.2. The Morgan fingerprint density at radius 1 is 1.47 bits per heavy atom. The molecule has 96 valence electrons. The van der Waals surface area contributed by atoms with E-state index in [2.05, 4.69) is 26.3 Å². The van der Waals surface area contributed by atoms with E-state index >= 15 is 0 Å². The number of rotatable bonds is 3. The zero-order valence-electron chi connectivity index (χ0n) is 9.84. The number of hydrogen-bond acceptors (Lipinski definition) is 3. The second-order valence-corrected chi connectivity index (χ2v) is 5.91. The smallest absolute Gasteiger partial charge is 0.255 e. The summed E-state index contributed by atoms with van der Waals surface area (Å²) in [5.41, 5.74) is 1.41. The van der Waals surface area contributed by atoms with Crippen LogP contribution in [0.4, 0.5) is 0 Å². The average molecular weight is 336 g/mol. The van der Waals surface area contributed by atoms with Crippen molar-refractivity contribution < 1.29 is 4.79 Å². The third kappa shape index (κ3) is 2.54. The van der Waals surface area contributed by atoms with E-state index in [1.54, 1.807) is 22.0 Å². The first kappa shape index (κ1) is 12.4. The van der Waals surface area contributed by atoms with Crippen molar-refractivity contribution in [2.75, 3.05) is 0 Å². The molecule has 0 aliphatic heterocycles. The first-order valence-electron chi connectivity index (χ1n) is 5.67. The van der Waals surface area contributed by atoms with Crippen molar-refractivity contribution in [2.24, 2.45) is 0 Å². The molecule has 1 N–H and O–H groups in total. The molecule has 0 saturated carbocycles. The van der Waals surface area contributed by atoms with Crippen molar-refractivity contribution >= 4 is 38.7 Å². The molecule has 6 heteroatoms. The lowest BCUT2D eigenvalue weighted by Crippen LogP contribution is -2.22. The van der Waals surface area contributed by atoms with E-state index in [0.717, 1.165) is 14.9 Å². The van der Waals surface area contributed by atoms with E-state index < -0.39 is 0 Å².